The minimum Gasteiger partial charge on any atom is -0.454 e. The van der Waals surface area contributed by atoms with E-state index in [-0.39, 0.29) is 24.1 Å². The first-order valence-corrected chi connectivity index (χ1v) is 9.10. The predicted molar refractivity (Wildman–Crippen MR) is 101 cm³/mol. The van der Waals surface area contributed by atoms with E-state index in [4.69, 9.17) is 19.9 Å². The Morgan fingerprint density at radius 2 is 1.84 bits per heavy atom. The summed E-state index contributed by atoms with van der Waals surface area (Å²) in [5.41, 5.74) is 7.35. The second-order valence-corrected chi connectivity index (χ2v) is 6.93. The van der Waals surface area contributed by atoms with Crippen LogP contribution in [0.1, 0.15) is 22.6 Å². The van der Waals surface area contributed by atoms with Gasteiger partial charge in [0.25, 0.3) is 0 Å². The smallest absolute Gasteiger partial charge is 0.416 e. The van der Waals surface area contributed by atoms with Gasteiger partial charge < -0.3 is 19.9 Å². The third-order valence-electron chi connectivity index (χ3n) is 5.17. The number of hydrogen-bond acceptors (Lipinski definition) is 6. The van der Waals surface area contributed by atoms with E-state index >= 15 is 0 Å². The predicted octanol–water partition coefficient (Wildman–Crippen LogP) is 4.04. The van der Waals surface area contributed by atoms with Crippen LogP contribution in [0.25, 0.3) is 11.3 Å². The van der Waals surface area contributed by atoms with Crippen molar-refractivity contribution < 1.29 is 27.4 Å². The molecule has 2 aromatic carbocycles. The Morgan fingerprint density at radius 1 is 1.10 bits per heavy atom. The molecule has 156 valence electrons. The lowest BCUT2D eigenvalue weighted by atomic mass is 9.82. The summed E-state index contributed by atoms with van der Waals surface area (Å²) in [6, 6.07) is 11.9. The summed E-state index contributed by atoms with van der Waals surface area (Å²) < 4.78 is 55.3. The summed E-state index contributed by atoms with van der Waals surface area (Å²) in [7, 11) is 0. The Labute approximate surface area is 173 Å². The highest BCUT2D eigenvalue weighted by atomic mass is 19.4. The summed E-state index contributed by atoms with van der Waals surface area (Å²) in [6.45, 7) is 0.106. The molecule has 0 amide bonds. The number of nitriles is 1. The van der Waals surface area contributed by atoms with Gasteiger partial charge >= 0.3 is 6.18 Å². The zero-order valence-electron chi connectivity index (χ0n) is 15.7. The van der Waals surface area contributed by atoms with Gasteiger partial charge in [-0.3, -0.25) is 5.10 Å². The quantitative estimate of drug-likeness (QED) is 0.641. The normalized spacial score (nSPS) is 17.2. The summed E-state index contributed by atoms with van der Waals surface area (Å²) >= 11 is 0. The molecule has 5 rings (SSSR count). The maximum Gasteiger partial charge on any atom is 0.416 e. The van der Waals surface area contributed by atoms with Gasteiger partial charge in [-0.05, 0) is 35.9 Å². The van der Waals surface area contributed by atoms with E-state index in [9.17, 15) is 18.4 Å². The molecule has 0 aliphatic carbocycles. The van der Waals surface area contributed by atoms with E-state index in [0.717, 1.165) is 12.1 Å². The second-order valence-electron chi connectivity index (χ2n) is 6.93. The number of nitrogens with one attached hydrogen (secondary N) is 1. The molecule has 2 aliphatic heterocycles. The van der Waals surface area contributed by atoms with Crippen molar-refractivity contribution in [1.29, 1.82) is 5.26 Å². The number of nitrogens with two attached hydrogens (primary N) is 1. The second kappa shape index (κ2) is 6.70. The molecule has 0 bridgehead atoms. The third kappa shape index (κ3) is 3.02. The van der Waals surface area contributed by atoms with Crippen molar-refractivity contribution in [2.75, 3.05) is 6.79 Å². The van der Waals surface area contributed by atoms with Crippen molar-refractivity contribution in [1.82, 2.24) is 10.2 Å². The van der Waals surface area contributed by atoms with Gasteiger partial charge in [0.05, 0.1) is 22.7 Å². The first-order chi connectivity index (χ1) is 14.9. The monoisotopic (exact) mass is 426 g/mol. The number of rotatable bonds is 2. The van der Waals surface area contributed by atoms with Crippen LogP contribution in [-0.4, -0.2) is 17.0 Å². The molecule has 31 heavy (non-hydrogen) atoms. The number of allylic oxidation sites excluding steroid dienone is 1. The molecular weight excluding hydrogens is 413 g/mol. The number of aromatic amines is 1. The molecule has 0 saturated heterocycles. The summed E-state index contributed by atoms with van der Waals surface area (Å²) in [5.74, 6) is 0.363. The molecule has 0 radical (unpaired) electrons. The number of aromatic nitrogens is 2. The Balaban J connectivity index is 1.66. The highest BCUT2D eigenvalue weighted by Crippen LogP contribution is 2.47. The number of hydrogen-bond donors (Lipinski definition) is 2. The van der Waals surface area contributed by atoms with E-state index in [1.165, 1.54) is 12.1 Å². The van der Waals surface area contributed by atoms with Gasteiger partial charge in [0.15, 0.2) is 11.5 Å². The van der Waals surface area contributed by atoms with Crippen LogP contribution in [0, 0.1) is 11.3 Å². The number of fused-ring (bicyclic) bond motifs is 2. The summed E-state index contributed by atoms with van der Waals surface area (Å²) in [5, 5.41) is 16.8. The fraction of sp³-hybridized carbons (Fsp3) is 0.143. The van der Waals surface area contributed by atoms with Crippen LogP contribution in [0.15, 0.2) is 53.9 Å². The van der Waals surface area contributed by atoms with Crippen LogP contribution in [0.5, 0.6) is 17.4 Å². The van der Waals surface area contributed by atoms with Gasteiger partial charge in [-0.25, -0.2) is 0 Å². The fourth-order valence-electron chi connectivity index (χ4n) is 3.72. The summed E-state index contributed by atoms with van der Waals surface area (Å²) in [4.78, 5) is 0. The largest absolute Gasteiger partial charge is 0.454 e. The minimum atomic E-state index is -4.47. The molecule has 7 nitrogen and oxygen atoms in total. The van der Waals surface area contributed by atoms with Gasteiger partial charge in [0, 0.05) is 5.56 Å². The van der Waals surface area contributed by atoms with Crippen molar-refractivity contribution in [2.45, 2.75) is 12.1 Å². The van der Waals surface area contributed by atoms with Gasteiger partial charge in [0.1, 0.15) is 11.6 Å². The maximum atomic E-state index is 13.0. The molecule has 0 fully saturated rings. The molecule has 0 spiro atoms. The molecule has 0 saturated carbocycles. The number of alkyl halides is 3. The molecule has 3 heterocycles. The summed E-state index contributed by atoms with van der Waals surface area (Å²) in [6.07, 6.45) is -4.47. The first kappa shape index (κ1) is 18.9. The van der Waals surface area contributed by atoms with E-state index < -0.39 is 17.7 Å². The van der Waals surface area contributed by atoms with Crippen LogP contribution < -0.4 is 19.9 Å². The van der Waals surface area contributed by atoms with E-state index in [2.05, 4.69) is 10.2 Å². The molecule has 2 aliphatic rings. The lowest BCUT2D eigenvalue weighted by molar-refractivity contribution is -0.137. The van der Waals surface area contributed by atoms with Gasteiger partial charge in [0.2, 0.25) is 18.6 Å². The van der Waals surface area contributed by atoms with Crippen molar-refractivity contribution in [2.24, 2.45) is 5.73 Å². The van der Waals surface area contributed by atoms with Crippen LogP contribution in [-0.2, 0) is 6.18 Å². The topological polar surface area (TPSA) is 106 Å². The lowest BCUT2D eigenvalue weighted by Crippen LogP contribution is -2.21. The number of ether oxygens (including phenoxy) is 3. The Morgan fingerprint density at radius 3 is 2.55 bits per heavy atom. The molecule has 1 unspecified atom stereocenters. The fourth-order valence-corrected chi connectivity index (χ4v) is 3.72. The molecule has 1 aromatic heterocycles. The third-order valence-corrected chi connectivity index (χ3v) is 5.17. The SMILES string of the molecule is N#CC1=C(N)Oc2n[nH]c(-c3ccc4c(c3)OCO4)c2C1c1ccc(C(F)(F)F)cc1. The molecule has 3 N–H and O–H groups in total. The average Bonchev–Trinajstić information content (AvgIpc) is 3.38. The average molecular weight is 426 g/mol. The van der Waals surface area contributed by atoms with E-state index in [1.807, 2.05) is 6.07 Å². The number of H-pyrrole nitrogens is 1. The lowest BCUT2D eigenvalue weighted by Gasteiger charge is -2.24. The Bertz CT molecular complexity index is 1260. The minimum absolute atomic E-state index is 0.0793. The first-order valence-electron chi connectivity index (χ1n) is 9.10. The highest BCUT2D eigenvalue weighted by molar-refractivity contribution is 5.73. The van der Waals surface area contributed by atoms with Gasteiger partial charge in [-0.15, -0.1) is 5.10 Å². The maximum absolute atomic E-state index is 13.0. The zero-order valence-corrected chi connectivity index (χ0v) is 15.7. The molecule has 3 aromatic rings. The van der Waals surface area contributed by atoms with Crippen molar-refractivity contribution in [3.63, 3.8) is 0 Å². The van der Waals surface area contributed by atoms with Crippen molar-refractivity contribution in [3.05, 3.63) is 70.6 Å². The number of benzene rings is 2. The van der Waals surface area contributed by atoms with Gasteiger partial charge in [-0.2, -0.15) is 18.4 Å². The Kier molecular flexibility index (Phi) is 4.08. The molecule has 1 atom stereocenters. The van der Waals surface area contributed by atoms with Crippen LogP contribution in [0.2, 0.25) is 0 Å². The number of halogens is 3. The number of nitrogens with zero attached hydrogens (tertiary/aromatic N) is 2. The molecular formula is C21H13F3N4O3. The van der Waals surface area contributed by atoms with Crippen molar-refractivity contribution in [3.8, 4) is 34.7 Å². The highest BCUT2D eigenvalue weighted by Gasteiger charge is 2.37. The molecule has 10 heteroatoms. The van der Waals surface area contributed by atoms with Crippen LogP contribution in [0.4, 0.5) is 13.2 Å². The van der Waals surface area contributed by atoms with Gasteiger partial charge in [-0.1, -0.05) is 12.1 Å². The van der Waals surface area contributed by atoms with E-state index in [0.29, 0.717) is 33.9 Å². The Hall–Kier alpha value is -4.13. The van der Waals surface area contributed by atoms with Crippen LogP contribution in [0.3, 0.4) is 0 Å². The van der Waals surface area contributed by atoms with Crippen molar-refractivity contribution >= 4 is 0 Å². The zero-order chi connectivity index (χ0) is 21.8. The van der Waals surface area contributed by atoms with Crippen LogP contribution >= 0.6 is 0 Å². The standard InChI is InChI=1S/C21H13F3N4O3/c22-21(23,24)12-4-1-10(2-5-12)16-13(8-25)19(26)31-20-17(16)18(27-28-20)11-3-6-14-15(7-11)30-9-29-14/h1-7,16H,9,26H2,(H,27,28). The van der Waals surface area contributed by atoms with E-state index in [1.54, 1.807) is 18.2 Å².